The lowest BCUT2D eigenvalue weighted by Crippen LogP contribution is -2.42. The van der Waals surface area contributed by atoms with Gasteiger partial charge in [0.25, 0.3) is 0 Å². The van der Waals surface area contributed by atoms with Crippen molar-refractivity contribution < 1.29 is 28.5 Å². The lowest BCUT2D eigenvalue weighted by atomic mass is 9.63. The van der Waals surface area contributed by atoms with Crippen molar-refractivity contribution in [1.29, 1.82) is 0 Å². The SMILES string of the molecule is O=C(OCC1CO1)C1CC2CCCCC2CC1C(=O)OCC1CO1. The normalized spacial score (nSPS) is 40.3. The second-order valence-corrected chi connectivity index (χ2v) is 7.66. The van der Waals surface area contributed by atoms with Gasteiger partial charge in [0.05, 0.1) is 25.0 Å². The number of ether oxygens (including phenoxy) is 4. The second-order valence-electron chi connectivity index (χ2n) is 7.66. The van der Waals surface area contributed by atoms with Crippen LogP contribution in [0.5, 0.6) is 0 Å². The maximum Gasteiger partial charge on any atom is 0.309 e. The zero-order valence-corrected chi connectivity index (χ0v) is 14.0. The van der Waals surface area contributed by atoms with E-state index in [4.69, 9.17) is 18.9 Å². The van der Waals surface area contributed by atoms with Gasteiger partial charge >= 0.3 is 11.9 Å². The lowest BCUT2D eigenvalue weighted by Gasteiger charge is -2.41. The van der Waals surface area contributed by atoms with E-state index in [1.807, 2.05) is 0 Å². The van der Waals surface area contributed by atoms with E-state index < -0.39 is 0 Å². The number of carbonyl (C=O) groups is 2. The summed E-state index contributed by atoms with van der Waals surface area (Å²) in [6, 6.07) is 0. The summed E-state index contributed by atoms with van der Waals surface area (Å²) < 4.78 is 21.0. The Kier molecular flexibility index (Phi) is 4.77. The molecule has 134 valence electrons. The first kappa shape index (κ1) is 16.3. The Bertz CT molecular complexity index is 440. The lowest BCUT2D eigenvalue weighted by molar-refractivity contribution is -0.166. The quantitative estimate of drug-likeness (QED) is 0.542. The smallest absolute Gasteiger partial charge is 0.309 e. The first-order valence-electron chi connectivity index (χ1n) is 9.27. The Balaban J connectivity index is 1.40. The Morgan fingerprint density at radius 1 is 0.792 bits per heavy atom. The van der Waals surface area contributed by atoms with E-state index >= 15 is 0 Å². The third kappa shape index (κ3) is 3.91. The van der Waals surface area contributed by atoms with Gasteiger partial charge in [0, 0.05) is 0 Å². The third-order valence-electron chi connectivity index (χ3n) is 5.90. The highest BCUT2D eigenvalue weighted by atomic mass is 16.6. The van der Waals surface area contributed by atoms with E-state index in [1.165, 1.54) is 12.8 Å². The van der Waals surface area contributed by atoms with Crippen LogP contribution in [0.1, 0.15) is 38.5 Å². The molecule has 0 aromatic carbocycles. The Labute approximate surface area is 142 Å². The molecule has 2 saturated carbocycles. The summed E-state index contributed by atoms with van der Waals surface area (Å²) in [5.74, 6) is -0.140. The van der Waals surface area contributed by atoms with Crippen LogP contribution in [-0.4, -0.2) is 50.6 Å². The minimum absolute atomic E-state index is 0.0531. The van der Waals surface area contributed by atoms with E-state index in [0.29, 0.717) is 38.3 Å². The maximum absolute atomic E-state index is 12.6. The van der Waals surface area contributed by atoms with Crippen LogP contribution in [0.2, 0.25) is 0 Å². The van der Waals surface area contributed by atoms with E-state index in [-0.39, 0.29) is 36.0 Å². The van der Waals surface area contributed by atoms with Crippen molar-refractivity contribution in [1.82, 2.24) is 0 Å². The predicted octanol–water partition coefficient (Wildman–Crippen LogP) is 1.70. The fourth-order valence-electron chi connectivity index (χ4n) is 4.30. The number of carbonyl (C=O) groups excluding carboxylic acids is 2. The predicted molar refractivity (Wildman–Crippen MR) is 83.1 cm³/mol. The molecule has 2 saturated heterocycles. The summed E-state index contributed by atoms with van der Waals surface area (Å²) in [7, 11) is 0. The van der Waals surface area contributed by atoms with E-state index in [2.05, 4.69) is 0 Å². The van der Waals surface area contributed by atoms with Crippen molar-refractivity contribution in [3.05, 3.63) is 0 Å². The van der Waals surface area contributed by atoms with Crippen molar-refractivity contribution in [2.24, 2.45) is 23.7 Å². The van der Waals surface area contributed by atoms with Crippen LogP contribution in [0.25, 0.3) is 0 Å². The van der Waals surface area contributed by atoms with Crippen molar-refractivity contribution in [2.75, 3.05) is 26.4 Å². The highest BCUT2D eigenvalue weighted by Crippen LogP contribution is 2.46. The molecule has 0 bridgehead atoms. The topological polar surface area (TPSA) is 77.7 Å². The van der Waals surface area contributed by atoms with Crippen LogP contribution in [0, 0.1) is 23.7 Å². The van der Waals surface area contributed by atoms with Crippen LogP contribution in [-0.2, 0) is 28.5 Å². The van der Waals surface area contributed by atoms with Gasteiger partial charge < -0.3 is 18.9 Å². The monoisotopic (exact) mass is 338 g/mol. The zero-order valence-electron chi connectivity index (χ0n) is 14.0. The second kappa shape index (κ2) is 7.00. The van der Waals surface area contributed by atoms with Crippen molar-refractivity contribution in [3.8, 4) is 0 Å². The first-order valence-corrected chi connectivity index (χ1v) is 9.27. The van der Waals surface area contributed by atoms with Crippen LogP contribution in [0.3, 0.4) is 0 Å². The van der Waals surface area contributed by atoms with Gasteiger partial charge in [0.15, 0.2) is 0 Å². The molecule has 24 heavy (non-hydrogen) atoms. The van der Waals surface area contributed by atoms with Gasteiger partial charge in [-0.25, -0.2) is 0 Å². The van der Waals surface area contributed by atoms with E-state index in [0.717, 1.165) is 25.7 Å². The highest BCUT2D eigenvalue weighted by molar-refractivity contribution is 5.82. The molecular weight excluding hydrogens is 312 g/mol. The van der Waals surface area contributed by atoms with E-state index in [9.17, 15) is 9.59 Å². The minimum atomic E-state index is -0.365. The number of epoxide rings is 2. The minimum Gasteiger partial charge on any atom is -0.463 e. The average molecular weight is 338 g/mol. The fourth-order valence-corrected chi connectivity index (χ4v) is 4.30. The number of fused-ring (bicyclic) bond motifs is 1. The van der Waals surface area contributed by atoms with Crippen LogP contribution in [0.4, 0.5) is 0 Å². The molecule has 6 atom stereocenters. The summed E-state index contributed by atoms with van der Waals surface area (Å²) in [5, 5.41) is 0. The fraction of sp³-hybridized carbons (Fsp3) is 0.889. The van der Waals surface area contributed by atoms with Gasteiger partial charge in [0.2, 0.25) is 0 Å². The van der Waals surface area contributed by atoms with Crippen molar-refractivity contribution in [3.63, 3.8) is 0 Å². The van der Waals surface area contributed by atoms with Crippen LogP contribution in [0.15, 0.2) is 0 Å². The largest absolute Gasteiger partial charge is 0.463 e. The van der Waals surface area contributed by atoms with E-state index in [1.54, 1.807) is 0 Å². The Morgan fingerprint density at radius 3 is 1.58 bits per heavy atom. The van der Waals surface area contributed by atoms with Gasteiger partial charge in [-0.1, -0.05) is 25.7 Å². The van der Waals surface area contributed by atoms with Crippen molar-refractivity contribution >= 4 is 11.9 Å². The summed E-state index contributed by atoms with van der Waals surface area (Å²) >= 11 is 0. The molecule has 0 N–H and O–H groups in total. The molecule has 0 radical (unpaired) electrons. The third-order valence-corrected chi connectivity index (χ3v) is 5.90. The first-order chi connectivity index (χ1) is 11.7. The number of hydrogen-bond donors (Lipinski definition) is 0. The zero-order chi connectivity index (χ0) is 16.5. The molecule has 0 amide bonds. The molecule has 0 aromatic rings. The molecule has 2 aliphatic carbocycles. The molecule has 2 aliphatic heterocycles. The molecule has 4 rings (SSSR count). The van der Waals surface area contributed by atoms with Gasteiger partial charge in [-0.15, -0.1) is 0 Å². The van der Waals surface area contributed by atoms with Crippen LogP contribution >= 0.6 is 0 Å². The molecule has 2 heterocycles. The summed E-state index contributed by atoms with van der Waals surface area (Å²) in [5.41, 5.74) is 0. The molecule has 4 fully saturated rings. The van der Waals surface area contributed by atoms with Crippen LogP contribution < -0.4 is 0 Å². The molecule has 6 nitrogen and oxygen atoms in total. The van der Waals surface area contributed by atoms with Crippen molar-refractivity contribution in [2.45, 2.75) is 50.7 Å². The average Bonchev–Trinajstić information content (AvgIpc) is 3.50. The van der Waals surface area contributed by atoms with Gasteiger partial charge in [0.1, 0.15) is 25.4 Å². The summed E-state index contributed by atoms with van der Waals surface area (Å²) in [6.45, 7) is 1.94. The summed E-state index contributed by atoms with van der Waals surface area (Å²) in [4.78, 5) is 25.1. The highest BCUT2D eigenvalue weighted by Gasteiger charge is 2.46. The molecule has 6 heteroatoms. The Hall–Kier alpha value is -1.14. The van der Waals surface area contributed by atoms with Gasteiger partial charge in [-0.3, -0.25) is 9.59 Å². The Morgan fingerprint density at radius 2 is 1.21 bits per heavy atom. The number of hydrogen-bond acceptors (Lipinski definition) is 6. The number of esters is 2. The van der Waals surface area contributed by atoms with Gasteiger partial charge in [-0.05, 0) is 24.7 Å². The number of rotatable bonds is 6. The molecule has 0 aromatic heterocycles. The molecule has 0 spiro atoms. The van der Waals surface area contributed by atoms with Gasteiger partial charge in [-0.2, -0.15) is 0 Å². The maximum atomic E-state index is 12.6. The molecule has 4 aliphatic rings. The molecule has 6 unspecified atom stereocenters. The molecular formula is C18H26O6. The standard InChI is InChI=1S/C18H26O6/c19-17(23-9-13-7-21-13)15-5-11-3-1-2-4-12(11)6-16(15)18(20)24-10-14-8-22-14/h11-16H,1-10H2. The summed E-state index contributed by atoms with van der Waals surface area (Å²) in [6.07, 6.45) is 6.41.